The van der Waals surface area contributed by atoms with Crippen LogP contribution in [0.1, 0.15) is 36.0 Å². The second-order valence-corrected chi connectivity index (χ2v) is 8.39. The van der Waals surface area contributed by atoms with E-state index in [4.69, 9.17) is 11.6 Å². The van der Waals surface area contributed by atoms with Crippen LogP contribution in [0.2, 0.25) is 5.02 Å². The predicted octanol–water partition coefficient (Wildman–Crippen LogP) is 2.79. The van der Waals surface area contributed by atoms with Gasteiger partial charge in [-0.15, -0.1) is 10.2 Å². The monoisotopic (exact) mass is 411 g/mol. The molecule has 28 heavy (non-hydrogen) atoms. The lowest BCUT2D eigenvalue weighted by Gasteiger charge is -2.58. The van der Waals surface area contributed by atoms with Gasteiger partial charge in [0.2, 0.25) is 0 Å². The Hall–Kier alpha value is -2.13. The smallest absolute Gasteiger partial charge is 0.334 e. The van der Waals surface area contributed by atoms with Crippen LogP contribution < -0.4 is 5.32 Å². The minimum atomic E-state index is -4.80. The van der Waals surface area contributed by atoms with Crippen molar-refractivity contribution in [3.63, 3.8) is 0 Å². The van der Waals surface area contributed by atoms with Crippen molar-refractivity contribution in [2.45, 2.75) is 38.0 Å². The van der Waals surface area contributed by atoms with Gasteiger partial charge in [-0.1, -0.05) is 11.6 Å². The normalized spacial score (nSPS) is 20.8. The maximum absolute atomic E-state index is 12.6. The van der Waals surface area contributed by atoms with Crippen LogP contribution in [0.15, 0.2) is 18.2 Å². The summed E-state index contributed by atoms with van der Waals surface area (Å²) in [7, 11) is 0. The molecule has 0 unspecified atom stereocenters. The molecule has 2 aromatic rings. The fourth-order valence-electron chi connectivity index (χ4n) is 4.71. The van der Waals surface area contributed by atoms with Gasteiger partial charge in [-0.25, -0.2) is 0 Å². The summed E-state index contributed by atoms with van der Waals surface area (Å²) in [5.74, 6) is 0.00817. The lowest BCUT2D eigenvalue weighted by atomic mass is 9.57. The summed E-state index contributed by atoms with van der Waals surface area (Å²) in [6.45, 7) is 1.57. The second kappa shape index (κ2) is 5.93. The Kier molecular flexibility index (Phi) is 3.80. The summed E-state index contributed by atoms with van der Waals surface area (Å²) in [6, 6.07) is 5.69. The third-order valence-corrected chi connectivity index (χ3v) is 6.18. The molecule has 2 fully saturated rings. The van der Waals surface area contributed by atoms with E-state index in [0.717, 1.165) is 27.8 Å². The molecule has 1 N–H and O–H groups in total. The lowest BCUT2D eigenvalue weighted by molar-refractivity contribution is -0.201. The van der Waals surface area contributed by atoms with Gasteiger partial charge in [0.25, 0.3) is 0 Å². The molecule has 1 aromatic heterocycles. The quantitative estimate of drug-likeness (QED) is 0.783. The van der Waals surface area contributed by atoms with Crippen molar-refractivity contribution in [3.05, 3.63) is 40.4 Å². The molecular weight excluding hydrogens is 395 g/mol. The molecule has 0 radical (unpaired) electrons. The molecule has 2 aliphatic heterocycles. The Balaban J connectivity index is 1.36. The van der Waals surface area contributed by atoms with E-state index >= 15 is 0 Å². The number of nitrogens with zero attached hydrogens (tertiary/aromatic N) is 4. The maximum atomic E-state index is 12.6. The number of likely N-dealkylation sites (tertiary alicyclic amines) is 1. The standard InChI is InChI=1S/C18H17ClF3N5O/c19-12-1-2-13-10(3-12)6-23-7-14-24-25-15(27(13)14)11-4-17(5-11)8-26(9-17)16(28)18(20,21)22/h1-3,11,23H,4-9H2. The highest BCUT2D eigenvalue weighted by molar-refractivity contribution is 6.30. The minimum Gasteiger partial charge on any atom is -0.334 e. The van der Waals surface area contributed by atoms with Crippen LogP contribution in [-0.2, 0) is 17.9 Å². The largest absolute Gasteiger partial charge is 0.471 e. The molecule has 5 rings (SSSR count). The van der Waals surface area contributed by atoms with Gasteiger partial charge in [0, 0.05) is 36.0 Å². The van der Waals surface area contributed by atoms with E-state index in [1.807, 2.05) is 22.8 Å². The van der Waals surface area contributed by atoms with Gasteiger partial charge < -0.3 is 10.2 Å². The molecule has 0 atom stereocenters. The number of hydrogen-bond acceptors (Lipinski definition) is 4. The van der Waals surface area contributed by atoms with Gasteiger partial charge in [-0.2, -0.15) is 13.2 Å². The van der Waals surface area contributed by atoms with E-state index in [2.05, 4.69) is 15.5 Å². The zero-order chi connectivity index (χ0) is 19.7. The number of amides is 1. The van der Waals surface area contributed by atoms with Crippen LogP contribution in [0.5, 0.6) is 0 Å². The highest BCUT2D eigenvalue weighted by atomic mass is 35.5. The van der Waals surface area contributed by atoms with Crippen molar-refractivity contribution in [1.82, 2.24) is 25.0 Å². The molecule has 3 aliphatic rings. The van der Waals surface area contributed by atoms with Crippen LogP contribution in [-0.4, -0.2) is 44.8 Å². The van der Waals surface area contributed by atoms with Gasteiger partial charge in [-0.3, -0.25) is 9.36 Å². The van der Waals surface area contributed by atoms with Crippen LogP contribution in [0.4, 0.5) is 13.2 Å². The first-order valence-corrected chi connectivity index (χ1v) is 9.43. The predicted molar refractivity (Wildman–Crippen MR) is 94.0 cm³/mol. The number of carbonyl (C=O) groups excluding carboxylic acids is 1. The molecule has 0 bridgehead atoms. The molecule has 148 valence electrons. The average molecular weight is 412 g/mol. The van der Waals surface area contributed by atoms with E-state index in [1.165, 1.54) is 0 Å². The number of benzene rings is 1. The summed E-state index contributed by atoms with van der Waals surface area (Å²) in [5.41, 5.74) is 1.81. The van der Waals surface area contributed by atoms with Crippen LogP contribution in [0.3, 0.4) is 0 Å². The average Bonchev–Trinajstić information content (AvgIpc) is 2.86. The van der Waals surface area contributed by atoms with Gasteiger partial charge in [0.1, 0.15) is 5.82 Å². The molecule has 10 heteroatoms. The zero-order valence-corrected chi connectivity index (χ0v) is 15.5. The van der Waals surface area contributed by atoms with Crippen molar-refractivity contribution < 1.29 is 18.0 Å². The van der Waals surface area contributed by atoms with Gasteiger partial charge in [0.15, 0.2) is 5.82 Å². The first-order chi connectivity index (χ1) is 13.3. The first kappa shape index (κ1) is 17.9. The summed E-state index contributed by atoms with van der Waals surface area (Å²) in [5, 5.41) is 12.7. The van der Waals surface area contributed by atoms with Crippen molar-refractivity contribution in [1.29, 1.82) is 0 Å². The van der Waals surface area contributed by atoms with Crippen molar-refractivity contribution >= 4 is 17.5 Å². The number of fused-ring (bicyclic) bond motifs is 3. The molecule has 1 aromatic carbocycles. The Morgan fingerprint density at radius 1 is 1.21 bits per heavy atom. The fraction of sp³-hybridized carbons (Fsp3) is 0.500. The van der Waals surface area contributed by atoms with Crippen LogP contribution in [0, 0.1) is 5.41 Å². The number of nitrogens with one attached hydrogen (secondary N) is 1. The third kappa shape index (κ3) is 2.71. The number of hydrogen-bond donors (Lipinski definition) is 1. The summed E-state index contributed by atoms with van der Waals surface area (Å²) in [4.78, 5) is 12.2. The number of rotatable bonds is 1. The van der Waals surface area contributed by atoms with Gasteiger partial charge in [-0.05, 0) is 36.6 Å². The highest BCUT2D eigenvalue weighted by Gasteiger charge is 2.58. The molecule has 1 spiro atoms. The molecule has 6 nitrogen and oxygen atoms in total. The Morgan fingerprint density at radius 3 is 2.68 bits per heavy atom. The number of carbonyl (C=O) groups is 1. The lowest BCUT2D eigenvalue weighted by Crippen LogP contribution is -2.65. The summed E-state index contributed by atoms with van der Waals surface area (Å²) >= 11 is 6.13. The van der Waals surface area contributed by atoms with Crippen molar-refractivity contribution in [2.75, 3.05) is 13.1 Å². The van der Waals surface area contributed by atoms with E-state index < -0.39 is 12.1 Å². The molecule has 3 heterocycles. The highest BCUT2D eigenvalue weighted by Crippen LogP contribution is 2.56. The van der Waals surface area contributed by atoms with Gasteiger partial charge in [0.05, 0.1) is 12.2 Å². The number of halogens is 4. The Morgan fingerprint density at radius 2 is 1.96 bits per heavy atom. The van der Waals surface area contributed by atoms with E-state index in [0.29, 0.717) is 31.0 Å². The minimum absolute atomic E-state index is 0.117. The number of aromatic nitrogens is 3. The molecule has 1 amide bonds. The van der Waals surface area contributed by atoms with E-state index in [-0.39, 0.29) is 24.4 Å². The van der Waals surface area contributed by atoms with Crippen LogP contribution in [0.25, 0.3) is 5.69 Å². The fourth-order valence-corrected chi connectivity index (χ4v) is 4.90. The molecule has 1 aliphatic carbocycles. The zero-order valence-electron chi connectivity index (χ0n) is 14.8. The van der Waals surface area contributed by atoms with Crippen molar-refractivity contribution in [3.8, 4) is 5.69 Å². The molecule has 1 saturated heterocycles. The molecule has 1 saturated carbocycles. The summed E-state index contributed by atoms with van der Waals surface area (Å²) < 4.78 is 39.7. The van der Waals surface area contributed by atoms with Crippen molar-refractivity contribution in [2.24, 2.45) is 5.41 Å². The number of alkyl halides is 3. The Labute approximate surface area is 163 Å². The maximum Gasteiger partial charge on any atom is 0.471 e. The second-order valence-electron chi connectivity index (χ2n) is 7.95. The molecular formula is C18H17ClF3N5O. The van der Waals surface area contributed by atoms with Crippen LogP contribution >= 0.6 is 11.6 Å². The van der Waals surface area contributed by atoms with E-state index in [1.54, 1.807) is 0 Å². The third-order valence-electron chi connectivity index (χ3n) is 5.94. The van der Waals surface area contributed by atoms with Gasteiger partial charge >= 0.3 is 12.1 Å². The summed E-state index contributed by atoms with van der Waals surface area (Å²) in [6.07, 6.45) is -3.38. The Bertz CT molecular complexity index is 959. The SMILES string of the molecule is O=C(N1CC2(CC(c3nnc4n3-c3ccc(Cl)cc3CNC4)C2)C1)C(F)(F)F. The topological polar surface area (TPSA) is 63.1 Å². The van der Waals surface area contributed by atoms with E-state index in [9.17, 15) is 18.0 Å². The first-order valence-electron chi connectivity index (χ1n) is 9.06.